The van der Waals surface area contributed by atoms with Gasteiger partial charge in [-0.15, -0.1) is 0 Å². The second kappa shape index (κ2) is 39.3. The average Bonchev–Trinajstić information content (AvgIpc) is 1.61. The highest BCUT2D eigenvalue weighted by Crippen LogP contribution is 2.35. The number of furan rings is 1. The van der Waals surface area contributed by atoms with Crippen molar-refractivity contribution >= 4 is 111 Å². The molecule has 21 rings (SSSR count). The van der Waals surface area contributed by atoms with Gasteiger partial charge in [0.15, 0.2) is 29.1 Å². The molecule has 37 nitrogen and oxygen atoms in total. The van der Waals surface area contributed by atoms with Crippen molar-refractivity contribution in [1.29, 1.82) is 0 Å². The first-order valence-corrected chi connectivity index (χ1v) is 44.1. The van der Waals surface area contributed by atoms with Crippen LogP contribution in [0.15, 0.2) is 186 Å². The number of imidazole rings is 4. The predicted octanol–water partition coefficient (Wildman–Crippen LogP) is 12.8. The van der Waals surface area contributed by atoms with Crippen molar-refractivity contribution in [2.24, 2.45) is 5.92 Å². The molecule has 42 heteroatoms. The van der Waals surface area contributed by atoms with Crippen molar-refractivity contribution in [3.05, 3.63) is 234 Å². The van der Waals surface area contributed by atoms with E-state index in [0.717, 1.165) is 166 Å². The van der Waals surface area contributed by atoms with E-state index in [1.807, 2.05) is 61.6 Å². The van der Waals surface area contributed by atoms with Gasteiger partial charge in [-0.25, -0.2) is 45.9 Å². The first kappa shape index (κ1) is 88.6. The lowest BCUT2D eigenvalue weighted by Crippen LogP contribution is -2.46. The number of nitrogens with one attached hydrogen (secondary N) is 13. The van der Waals surface area contributed by atoms with E-state index in [1.54, 1.807) is 37.1 Å². The van der Waals surface area contributed by atoms with Crippen LogP contribution in [0.4, 0.5) is 40.3 Å². The summed E-state index contributed by atoms with van der Waals surface area (Å²) >= 11 is 0. The second-order valence-electron chi connectivity index (χ2n) is 32.2. The minimum atomic E-state index is -3.67. The van der Waals surface area contributed by atoms with Gasteiger partial charge in [0.1, 0.15) is 68.7 Å². The Hall–Kier alpha value is -15.1. The van der Waals surface area contributed by atoms with E-state index in [4.69, 9.17) is 23.4 Å². The number of hydrogen-bond acceptors (Lipinski definition) is 23. The Balaban J connectivity index is 0.000000119. The highest BCUT2D eigenvalue weighted by molar-refractivity contribution is 7.89. The number of anilines is 4. The van der Waals surface area contributed by atoms with E-state index in [-0.39, 0.29) is 45.4 Å². The fourth-order valence-electron chi connectivity index (χ4n) is 15.9. The molecular weight excluding hydrogens is 1740 g/mol. The number of aromatic amines is 9. The molecule has 0 saturated carbocycles. The number of piperazine rings is 1. The van der Waals surface area contributed by atoms with Gasteiger partial charge in [-0.2, -0.15) is 24.7 Å². The van der Waals surface area contributed by atoms with Gasteiger partial charge >= 0.3 is 0 Å². The third-order valence-electron chi connectivity index (χ3n) is 23.2. The molecule has 0 radical (unpaired) electrons. The number of benzene rings is 7. The predicted molar refractivity (Wildman–Crippen MR) is 487 cm³/mol. The van der Waals surface area contributed by atoms with Gasteiger partial charge in [0.2, 0.25) is 10.0 Å². The van der Waals surface area contributed by atoms with Gasteiger partial charge in [-0.05, 0) is 136 Å². The Morgan fingerprint density at radius 1 is 0.474 bits per heavy atom. The van der Waals surface area contributed by atoms with Gasteiger partial charge < -0.3 is 79.4 Å². The molecule has 7 aromatic carbocycles. The van der Waals surface area contributed by atoms with Crippen molar-refractivity contribution < 1.29 is 68.5 Å². The lowest BCUT2D eigenvalue weighted by atomic mass is 9.98. The molecule has 4 aliphatic rings. The van der Waals surface area contributed by atoms with Crippen LogP contribution in [0.1, 0.15) is 65.6 Å². The van der Waals surface area contributed by atoms with Gasteiger partial charge in [0.25, 0.3) is 23.6 Å². The van der Waals surface area contributed by atoms with Crippen LogP contribution in [0.3, 0.4) is 0 Å². The van der Waals surface area contributed by atoms with Gasteiger partial charge in [0, 0.05) is 94.7 Å². The quantitative estimate of drug-likeness (QED) is 0.0280. The molecule has 684 valence electrons. The number of likely N-dealkylation sites (tertiary alicyclic amines) is 1. The van der Waals surface area contributed by atoms with Crippen LogP contribution in [0.25, 0.3) is 101 Å². The smallest absolute Gasteiger partial charge is 0.292 e. The van der Waals surface area contributed by atoms with Crippen molar-refractivity contribution in [1.82, 2.24) is 110 Å². The van der Waals surface area contributed by atoms with Crippen molar-refractivity contribution in [3.8, 4) is 57.6 Å². The third kappa shape index (κ3) is 20.0. The maximum atomic E-state index is 14.0. The number of piperidine rings is 1. The zero-order chi connectivity index (χ0) is 91.8. The lowest BCUT2D eigenvalue weighted by molar-refractivity contribution is 0.0341. The number of methoxy groups -OCH3 is 1. The second-order valence-corrected chi connectivity index (χ2v) is 34.1. The minimum absolute atomic E-state index is 0.137. The summed E-state index contributed by atoms with van der Waals surface area (Å²) in [5.41, 5.74) is 10.7. The molecule has 0 unspecified atom stereocenters. The van der Waals surface area contributed by atoms with E-state index in [1.165, 1.54) is 53.1 Å². The highest BCUT2D eigenvalue weighted by atomic mass is 32.2. The minimum Gasteiger partial charge on any atom is -0.494 e. The Bertz CT molecular complexity index is 7140. The summed E-state index contributed by atoms with van der Waals surface area (Å²) in [5, 5.41) is 39.7. The zero-order valence-corrected chi connectivity index (χ0v) is 72.8. The summed E-state index contributed by atoms with van der Waals surface area (Å²) in [6, 6.07) is 36.6. The first-order chi connectivity index (χ1) is 64.7. The van der Waals surface area contributed by atoms with Gasteiger partial charge in [-0.3, -0.25) is 49.4 Å². The summed E-state index contributed by atoms with van der Waals surface area (Å²) in [7, 11) is 1.93. The molecule has 13 N–H and O–H groups in total. The number of H-pyrrole nitrogens is 9. The number of fused-ring (bicyclic) bond motifs is 5. The molecular formula is C91H90F4N26O11S. The summed E-state index contributed by atoms with van der Waals surface area (Å²) < 4.78 is 111. The average molecular weight is 1830 g/mol. The monoisotopic (exact) mass is 1830 g/mol. The molecule has 14 heterocycles. The number of carbonyl (C=O) groups excluding carboxylic acids is 4. The summed E-state index contributed by atoms with van der Waals surface area (Å²) in [6.45, 7) is 13.6. The molecule has 0 spiro atoms. The molecule has 133 heavy (non-hydrogen) atoms. The summed E-state index contributed by atoms with van der Waals surface area (Å²) in [4.78, 5) is 93.9. The molecule has 4 amide bonds. The molecule has 4 saturated heterocycles. The van der Waals surface area contributed by atoms with Crippen LogP contribution in [0.2, 0.25) is 0 Å². The topological polar surface area (TPSA) is 462 Å². The fourth-order valence-corrected chi connectivity index (χ4v) is 17.4. The molecule has 4 aliphatic heterocycles. The molecule has 17 aromatic rings. The zero-order valence-electron chi connectivity index (χ0n) is 72.0. The van der Waals surface area contributed by atoms with E-state index in [0.29, 0.717) is 112 Å². The van der Waals surface area contributed by atoms with E-state index in [2.05, 4.69) is 158 Å². The largest absolute Gasteiger partial charge is 0.494 e. The van der Waals surface area contributed by atoms with Crippen molar-refractivity contribution in [2.45, 2.75) is 30.8 Å². The number of morpholine rings is 2. The summed E-state index contributed by atoms with van der Waals surface area (Å²) in [5.74, 6) is -2.53. The van der Waals surface area contributed by atoms with E-state index >= 15 is 0 Å². The van der Waals surface area contributed by atoms with Crippen LogP contribution < -0.4 is 30.7 Å². The third-order valence-corrected chi connectivity index (χ3v) is 25.1. The van der Waals surface area contributed by atoms with Gasteiger partial charge in [-0.1, -0.05) is 48.5 Å². The fraction of sp³-hybridized carbons (Fsp3) is 0.253. The summed E-state index contributed by atoms with van der Waals surface area (Å²) in [6.07, 6.45) is 12.8. The van der Waals surface area contributed by atoms with Crippen LogP contribution >= 0.6 is 0 Å². The number of aromatic nitrogens is 17. The first-order valence-electron chi connectivity index (χ1n) is 42.7. The van der Waals surface area contributed by atoms with Crippen LogP contribution in [-0.4, -0.2) is 261 Å². The number of rotatable bonds is 22. The highest BCUT2D eigenvalue weighted by Gasteiger charge is 2.31. The SMILES string of the molecule is CN1CCC(COc2ccc3nc(-c4[nH]ncc4NC(=O)c4c(F)cccc4F)[nH]c3c2)CC1.CN1CCN(S(=O)(=O)c2ccc3nc(-c4[nH]ncc4NC(=O)c4c(F)cccc4F)[nH]c3c2)CC1.COc1c[nH]cc1C(=O)Nc1cn[nH]c1-c1nc2ccc(CN3CCOCC3)cc2[nH]1.O=C(Nc1cn[nH]c1-c1nc2ccc(CN3CCOCC3)cc2[nH]1)c1occ2ccccc12. The maximum Gasteiger partial charge on any atom is 0.292 e. The number of likely N-dealkylation sites (N-methyl/N-ethyl adjacent to an activating group) is 1. The molecule has 0 aliphatic carbocycles. The number of nitrogens with zero attached hydrogens (tertiary/aromatic N) is 13. The Kier molecular flexibility index (Phi) is 26.2. The lowest BCUT2D eigenvalue weighted by Gasteiger charge is -2.31. The van der Waals surface area contributed by atoms with E-state index < -0.39 is 56.2 Å². The number of sulfonamides is 1. The maximum absolute atomic E-state index is 14.0. The standard InChI is InChI=1S/C24H24F2N6O2.C24H22N6O3.C22H21F2N7O3S.C21H23N7O3/c1-32-9-7-14(8-10-32)13-34-15-5-6-18-19(11-15)29-23(28-18)22-20(12-27-31-22)30-24(33)21-16(25)3-2-4-17(21)26;31-24(22-17-4-2-1-3-16(17)14-33-22)28-20-12-25-29-21(20)23-26-18-6-5-15(11-19(18)27-23)13-30-7-9-32-10-8-30;1-30-7-9-31(10-8-30)35(33,34)13-5-6-16-17(11-13)27-21(26-16)20-18(12-25-29-20)28-22(32)19-14(23)3-2-4-15(19)24;1-30-18-11-22-9-14(18)21(29)26-17-10-23-27-19(17)20-24-15-3-2-13(8-16(15)25-20)12-28-4-6-31-7-5-28/h2-6,11-12,14H,7-10,13H2,1H3,(H,27,31)(H,28,29)(H,30,33);1-6,11-12,14H,7-10,13H2,(H,25,29)(H,26,27)(H,28,31);2-6,11-12H,7-10H2,1H3,(H,25,29)(H,26,27)(H,28,32);2-3,8-11,22H,4-7,12H2,1H3,(H,23,27)(H,24,25)(H,26,29). The number of carbonyl (C=O) groups is 4. The Morgan fingerprint density at radius 3 is 1.38 bits per heavy atom. The molecule has 0 atom stereocenters. The van der Waals surface area contributed by atoms with Crippen LogP contribution in [-0.2, 0) is 32.6 Å². The number of ether oxygens (including phenoxy) is 4. The Labute approximate surface area is 754 Å². The number of amides is 4. The van der Waals surface area contributed by atoms with Crippen LogP contribution in [0.5, 0.6) is 11.5 Å². The van der Waals surface area contributed by atoms with Crippen molar-refractivity contribution in [2.75, 3.05) is 141 Å². The molecule has 4 fully saturated rings. The van der Waals surface area contributed by atoms with Gasteiger partial charge in [0.05, 0.1) is 149 Å². The van der Waals surface area contributed by atoms with E-state index in [9.17, 15) is 45.2 Å². The molecule has 10 aromatic heterocycles. The Morgan fingerprint density at radius 2 is 0.902 bits per heavy atom. The number of halogens is 4. The molecule has 0 bridgehead atoms. The van der Waals surface area contributed by atoms with Crippen LogP contribution in [0, 0.1) is 29.2 Å². The normalized spacial score (nSPS) is 15.0. The van der Waals surface area contributed by atoms with Crippen molar-refractivity contribution in [3.63, 3.8) is 0 Å². The number of hydrogen-bond donors (Lipinski definition) is 13.